The van der Waals surface area contributed by atoms with Crippen molar-refractivity contribution < 1.29 is 23.4 Å². The SMILES string of the molecule is Cc1ccc(OC[C@H](O)CN2CCN(NC(=O)c3cn(C4CC4)c4cc(Cl)c(F)cc4c3=O)CC2)cc1F. The van der Waals surface area contributed by atoms with Gasteiger partial charge in [0.1, 0.15) is 35.7 Å². The lowest BCUT2D eigenvalue weighted by atomic mass is 10.1. The first-order valence-electron chi connectivity index (χ1n) is 12.6. The summed E-state index contributed by atoms with van der Waals surface area (Å²) in [5.41, 5.74) is 3.25. The molecule has 202 valence electrons. The molecule has 0 unspecified atom stereocenters. The lowest BCUT2D eigenvalue weighted by Crippen LogP contribution is -2.55. The van der Waals surface area contributed by atoms with Crippen LogP contribution in [0.2, 0.25) is 5.02 Å². The fourth-order valence-electron chi connectivity index (χ4n) is 4.61. The fourth-order valence-corrected chi connectivity index (χ4v) is 4.77. The predicted molar refractivity (Wildman–Crippen MR) is 140 cm³/mol. The first-order chi connectivity index (χ1) is 18.2. The number of aromatic nitrogens is 1. The van der Waals surface area contributed by atoms with Crippen LogP contribution in [0.5, 0.6) is 5.75 Å². The van der Waals surface area contributed by atoms with Gasteiger partial charge < -0.3 is 14.4 Å². The molecule has 1 aromatic heterocycles. The van der Waals surface area contributed by atoms with Crippen molar-refractivity contribution in [1.29, 1.82) is 0 Å². The van der Waals surface area contributed by atoms with E-state index < -0.39 is 23.3 Å². The first kappa shape index (κ1) is 26.6. The second kappa shape index (κ2) is 11.0. The first-order valence-corrected chi connectivity index (χ1v) is 13.0. The van der Waals surface area contributed by atoms with Gasteiger partial charge in [-0.15, -0.1) is 0 Å². The number of aryl methyl sites for hydroxylation is 1. The molecule has 2 aromatic carbocycles. The minimum Gasteiger partial charge on any atom is -0.491 e. The lowest BCUT2D eigenvalue weighted by Gasteiger charge is -2.35. The van der Waals surface area contributed by atoms with E-state index in [0.717, 1.165) is 18.9 Å². The van der Waals surface area contributed by atoms with E-state index in [9.17, 15) is 23.5 Å². The van der Waals surface area contributed by atoms with E-state index in [1.165, 1.54) is 12.1 Å². The summed E-state index contributed by atoms with van der Waals surface area (Å²) >= 11 is 5.95. The highest BCUT2D eigenvalue weighted by Crippen LogP contribution is 2.37. The Morgan fingerprint density at radius 3 is 2.58 bits per heavy atom. The molecule has 3 aromatic rings. The summed E-state index contributed by atoms with van der Waals surface area (Å²) in [7, 11) is 0. The van der Waals surface area contributed by atoms with Crippen LogP contribution >= 0.6 is 11.6 Å². The molecule has 38 heavy (non-hydrogen) atoms. The van der Waals surface area contributed by atoms with Crippen molar-refractivity contribution in [3.05, 3.63) is 74.5 Å². The molecule has 1 saturated carbocycles. The molecule has 0 radical (unpaired) electrons. The largest absolute Gasteiger partial charge is 0.491 e. The number of pyridine rings is 1. The van der Waals surface area contributed by atoms with Crippen molar-refractivity contribution in [2.24, 2.45) is 0 Å². The van der Waals surface area contributed by atoms with Crippen LogP contribution in [0.25, 0.3) is 10.9 Å². The number of carbonyl (C=O) groups is 1. The number of halogens is 3. The predicted octanol–water partition coefficient (Wildman–Crippen LogP) is 3.28. The number of carbonyl (C=O) groups excluding carboxylic acids is 1. The highest BCUT2D eigenvalue weighted by Gasteiger charge is 2.28. The Hall–Kier alpha value is -3.05. The zero-order valence-electron chi connectivity index (χ0n) is 20.9. The molecule has 8 nitrogen and oxygen atoms in total. The summed E-state index contributed by atoms with van der Waals surface area (Å²) < 4.78 is 35.2. The van der Waals surface area contributed by atoms with Gasteiger partial charge in [-0.25, -0.2) is 13.8 Å². The molecule has 1 amide bonds. The number of aliphatic hydroxyl groups excluding tert-OH is 1. The summed E-state index contributed by atoms with van der Waals surface area (Å²) in [6.45, 7) is 4.17. The monoisotopic (exact) mass is 546 g/mol. The number of fused-ring (bicyclic) bond motifs is 1. The van der Waals surface area contributed by atoms with Gasteiger partial charge in [-0.3, -0.25) is 19.9 Å². The zero-order valence-corrected chi connectivity index (χ0v) is 21.7. The second-order valence-corrected chi connectivity index (χ2v) is 10.3. The Bertz CT molecular complexity index is 1420. The molecule has 2 N–H and O–H groups in total. The number of hydrogen-bond acceptors (Lipinski definition) is 6. The molecule has 5 rings (SSSR count). The Kier molecular flexibility index (Phi) is 7.67. The number of benzene rings is 2. The van der Waals surface area contributed by atoms with E-state index in [1.54, 1.807) is 30.3 Å². The minimum atomic E-state index is -0.770. The smallest absolute Gasteiger partial charge is 0.271 e. The molecule has 1 aliphatic heterocycles. The summed E-state index contributed by atoms with van der Waals surface area (Å²) in [6.07, 6.45) is 2.59. The lowest BCUT2D eigenvalue weighted by molar-refractivity contribution is 0.0316. The number of amides is 1. The normalized spacial score (nSPS) is 17.5. The molecular weight excluding hydrogens is 518 g/mol. The van der Waals surface area contributed by atoms with Gasteiger partial charge in [-0.05, 0) is 43.5 Å². The van der Waals surface area contributed by atoms with Gasteiger partial charge in [0.15, 0.2) is 0 Å². The van der Waals surface area contributed by atoms with Gasteiger partial charge in [0.05, 0.1) is 10.5 Å². The number of ether oxygens (including phenoxy) is 1. The number of rotatable bonds is 8. The molecule has 0 bridgehead atoms. The van der Waals surface area contributed by atoms with Gasteiger partial charge in [-0.2, -0.15) is 0 Å². The van der Waals surface area contributed by atoms with Crippen molar-refractivity contribution in [3.8, 4) is 5.75 Å². The van der Waals surface area contributed by atoms with Crippen molar-refractivity contribution in [2.75, 3.05) is 39.3 Å². The molecule has 2 aliphatic rings. The Balaban J connectivity index is 1.17. The number of hydrogen-bond donors (Lipinski definition) is 2. The van der Waals surface area contributed by atoms with Crippen LogP contribution in [-0.2, 0) is 0 Å². The van der Waals surface area contributed by atoms with Crippen LogP contribution < -0.4 is 15.6 Å². The van der Waals surface area contributed by atoms with Crippen LogP contribution in [-0.4, -0.2) is 70.9 Å². The third-order valence-electron chi connectivity index (χ3n) is 6.95. The van der Waals surface area contributed by atoms with E-state index in [1.807, 2.05) is 9.47 Å². The third kappa shape index (κ3) is 5.83. The Morgan fingerprint density at radius 2 is 1.89 bits per heavy atom. The van der Waals surface area contributed by atoms with Crippen molar-refractivity contribution >= 4 is 28.4 Å². The number of piperazine rings is 1. The average molecular weight is 547 g/mol. The number of aliphatic hydroxyl groups is 1. The Morgan fingerprint density at radius 1 is 1.16 bits per heavy atom. The minimum absolute atomic E-state index is 0.0283. The van der Waals surface area contributed by atoms with E-state index in [-0.39, 0.29) is 34.4 Å². The van der Waals surface area contributed by atoms with Crippen LogP contribution in [0.15, 0.2) is 41.3 Å². The number of hydrazine groups is 1. The van der Waals surface area contributed by atoms with E-state index in [2.05, 4.69) is 5.43 Å². The maximum Gasteiger partial charge on any atom is 0.271 e. The van der Waals surface area contributed by atoms with Gasteiger partial charge in [0.25, 0.3) is 5.91 Å². The highest BCUT2D eigenvalue weighted by molar-refractivity contribution is 6.31. The topological polar surface area (TPSA) is 87.0 Å². The third-order valence-corrected chi connectivity index (χ3v) is 7.24. The molecule has 2 fully saturated rings. The van der Waals surface area contributed by atoms with Gasteiger partial charge in [0.2, 0.25) is 5.43 Å². The molecule has 11 heteroatoms. The molecular formula is C27H29ClF2N4O4. The summed E-state index contributed by atoms with van der Waals surface area (Å²) in [5.74, 6) is -1.25. The van der Waals surface area contributed by atoms with E-state index >= 15 is 0 Å². The summed E-state index contributed by atoms with van der Waals surface area (Å²) in [4.78, 5) is 28.2. The van der Waals surface area contributed by atoms with Crippen LogP contribution in [0.3, 0.4) is 0 Å². The van der Waals surface area contributed by atoms with Crippen molar-refractivity contribution in [3.63, 3.8) is 0 Å². The van der Waals surface area contributed by atoms with Crippen LogP contribution in [0, 0.1) is 18.6 Å². The van der Waals surface area contributed by atoms with Gasteiger partial charge in [-0.1, -0.05) is 17.7 Å². The van der Waals surface area contributed by atoms with Crippen LogP contribution in [0.4, 0.5) is 8.78 Å². The number of β-amino-alcohol motifs (C(OH)–C–C–N with tert-alkyl or cyclic N) is 1. The molecule has 0 spiro atoms. The standard InChI is InChI=1S/C27H29ClF2N4O4/c1-16-2-5-19(10-23(16)29)38-15-18(35)13-32-6-8-33(9-7-32)31-27(37)21-14-34(17-3-4-17)25-12-22(28)24(30)11-20(25)26(21)36/h2,5,10-12,14,17-18,35H,3-4,6-9,13,15H2,1H3,(H,31,37)/t18-/m1/s1. The van der Waals surface area contributed by atoms with Crippen molar-refractivity contribution in [1.82, 2.24) is 19.9 Å². The fraction of sp³-hybridized carbons (Fsp3) is 0.407. The molecule has 1 aliphatic carbocycles. The summed E-state index contributed by atoms with van der Waals surface area (Å²) in [5, 5.41) is 12.1. The van der Waals surface area contributed by atoms with E-state index in [0.29, 0.717) is 49.6 Å². The van der Waals surface area contributed by atoms with Crippen molar-refractivity contribution in [2.45, 2.75) is 31.9 Å². The molecule has 1 saturated heterocycles. The zero-order chi connectivity index (χ0) is 27.0. The summed E-state index contributed by atoms with van der Waals surface area (Å²) in [6, 6.07) is 7.26. The quantitative estimate of drug-likeness (QED) is 0.451. The van der Waals surface area contributed by atoms with Crippen LogP contribution in [0.1, 0.15) is 34.8 Å². The van der Waals surface area contributed by atoms with Gasteiger partial charge in [0, 0.05) is 56.4 Å². The maximum atomic E-state index is 14.1. The molecule has 1 atom stereocenters. The number of nitrogens with one attached hydrogen (secondary N) is 1. The highest BCUT2D eigenvalue weighted by atomic mass is 35.5. The average Bonchev–Trinajstić information content (AvgIpc) is 3.73. The maximum absolute atomic E-state index is 14.1. The number of nitrogens with zero attached hydrogens (tertiary/aromatic N) is 3. The van der Waals surface area contributed by atoms with E-state index in [4.69, 9.17) is 16.3 Å². The second-order valence-electron chi connectivity index (χ2n) is 9.90. The van der Waals surface area contributed by atoms with Gasteiger partial charge >= 0.3 is 0 Å². The molecule has 2 heterocycles. The Labute approximate surface area is 223 Å².